The van der Waals surface area contributed by atoms with E-state index >= 15 is 0 Å². The third-order valence-corrected chi connectivity index (χ3v) is 2.45. The lowest BCUT2D eigenvalue weighted by molar-refractivity contribution is -0.122. The van der Waals surface area contributed by atoms with Crippen molar-refractivity contribution in [2.24, 2.45) is 5.92 Å². The summed E-state index contributed by atoms with van der Waals surface area (Å²) in [5.74, 6) is 0.779. The van der Waals surface area contributed by atoms with Crippen LogP contribution < -0.4 is 10.6 Å². The Kier molecular flexibility index (Phi) is 4.83. The number of hydrogen-bond donors (Lipinski definition) is 2. The van der Waals surface area contributed by atoms with Gasteiger partial charge in [0.25, 0.3) is 0 Å². The largest absolute Gasteiger partial charge is 0.356 e. The van der Waals surface area contributed by atoms with E-state index in [2.05, 4.69) is 17.6 Å². The summed E-state index contributed by atoms with van der Waals surface area (Å²) in [4.78, 5) is 11.3. The highest BCUT2D eigenvalue weighted by atomic mass is 16.1. The van der Waals surface area contributed by atoms with Crippen molar-refractivity contribution >= 4 is 5.91 Å². The van der Waals surface area contributed by atoms with E-state index < -0.39 is 0 Å². The molecular formula is C10H20N2O. The summed E-state index contributed by atoms with van der Waals surface area (Å²) < 4.78 is 0. The molecule has 0 aromatic heterocycles. The van der Waals surface area contributed by atoms with Crippen LogP contribution in [0.5, 0.6) is 0 Å². The van der Waals surface area contributed by atoms with E-state index in [0.717, 1.165) is 26.1 Å². The van der Waals surface area contributed by atoms with E-state index in [0.29, 0.717) is 12.3 Å². The summed E-state index contributed by atoms with van der Waals surface area (Å²) >= 11 is 0. The van der Waals surface area contributed by atoms with Crippen LogP contribution in [0.4, 0.5) is 0 Å². The van der Waals surface area contributed by atoms with Crippen molar-refractivity contribution in [3.8, 4) is 0 Å². The van der Waals surface area contributed by atoms with Crippen LogP contribution in [0.1, 0.15) is 32.6 Å². The molecule has 1 aliphatic heterocycles. The van der Waals surface area contributed by atoms with Gasteiger partial charge in [0, 0.05) is 13.0 Å². The summed E-state index contributed by atoms with van der Waals surface area (Å²) in [6, 6.07) is 0. The molecule has 3 nitrogen and oxygen atoms in total. The number of carbonyl (C=O) groups excluding carboxylic acids is 1. The Balaban J connectivity index is 2.11. The van der Waals surface area contributed by atoms with Crippen molar-refractivity contribution in [2.45, 2.75) is 32.6 Å². The topological polar surface area (TPSA) is 41.1 Å². The van der Waals surface area contributed by atoms with E-state index in [-0.39, 0.29) is 5.91 Å². The lowest BCUT2D eigenvalue weighted by Gasteiger charge is -2.21. The molecule has 0 bridgehead atoms. The molecule has 1 atom stereocenters. The maximum Gasteiger partial charge on any atom is 0.220 e. The van der Waals surface area contributed by atoms with Gasteiger partial charge in [-0.05, 0) is 38.3 Å². The molecule has 13 heavy (non-hydrogen) atoms. The van der Waals surface area contributed by atoms with Crippen molar-refractivity contribution in [2.75, 3.05) is 19.6 Å². The Morgan fingerprint density at radius 2 is 2.46 bits per heavy atom. The molecule has 1 aliphatic rings. The molecule has 0 spiro atoms. The van der Waals surface area contributed by atoms with Crippen LogP contribution >= 0.6 is 0 Å². The van der Waals surface area contributed by atoms with Gasteiger partial charge < -0.3 is 10.6 Å². The van der Waals surface area contributed by atoms with Crippen molar-refractivity contribution in [3.05, 3.63) is 0 Å². The van der Waals surface area contributed by atoms with Gasteiger partial charge >= 0.3 is 0 Å². The molecule has 3 heteroatoms. The monoisotopic (exact) mass is 184 g/mol. The van der Waals surface area contributed by atoms with Crippen LogP contribution in [0.25, 0.3) is 0 Å². The molecule has 1 heterocycles. The van der Waals surface area contributed by atoms with Gasteiger partial charge in [-0.2, -0.15) is 0 Å². The van der Waals surface area contributed by atoms with Gasteiger partial charge in [0.15, 0.2) is 0 Å². The molecule has 1 saturated heterocycles. The van der Waals surface area contributed by atoms with Crippen LogP contribution in [0.3, 0.4) is 0 Å². The van der Waals surface area contributed by atoms with Crippen LogP contribution in [-0.4, -0.2) is 25.5 Å². The predicted molar refractivity (Wildman–Crippen MR) is 53.5 cm³/mol. The molecule has 0 aromatic carbocycles. The molecule has 0 radical (unpaired) electrons. The normalized spacial score (nSPS) is 22.7. The highest BCUT2D eigenvalue weighted by molar-refractivity contribution is 5.76. The number of nitrogens with one attached hydrogen (secondary N) is 2. The van der Waals surface area contributed by atoms with Gasteiger partial charge in [-0.3, -0.25) is 4.79 Å². The average molecular weight is 184 g/mol. The molecule has 0 saturated carbocycles. The molecular weight excluding hydrogens is 164 g/mol. The number of amides is 1. The van der Waals surface area contributed by atoms with Crippen molar-refractivity contribution < 1.29 is 4.79 Å². The lowest BCUT2D eigenvalue weighted by atomic mass is 9.96. The number of piperidine rings is 1. The highest BCUT2D eigenvalue weighted by Crippen LogP contribution is 2.13. The Hall–Kier alpha value is -0.570. The second kappa shape index (κ2) is 5.97. The first-order valence-corrected chi connectivity index (χ1v) is 5.30. The van der Waals surface area contributed by atoms with E-state index in [1.54, 1.807) is 0 Å². The minimum Gasteiger partial charge on any atom is -0.356 e. The number of rotatable bonds is 4. The van der Waals surface area contributed by atoms with Gasteiger partial charge in [0.05, 0.1) is 0 Å². The second-order valence-corrected chi connectivity index (χ2v) is 3.77. The molecule has 1 rings (SSSR count). The molecule has 1 unspecified atom stereocenters. The highest BCUT2D eigenvalue weighted by Gasteiger charge is 2.15. The van der Waals surface area contributed by atoms with Crippen molar-refractivity contribution in [3.63, 3.8) is 0 Å². The van der Waals surface area contributed by atoms with Crippen molar-refractivity contribution in [1.82, 2.24) is 10.6 Å². The zero-order valence-corrected chi connectivity index (χ0v) is 8.44. The molecule has 1 fully saturated rings. The standard InChI is InChI=1S/C10H20N2O/c1-2-5-12-10(13)7-9-4-3-6-11-8-9/h9,11H,2-8H2,1H3,(H,12,13). The summed E-state index contributed by atoms with van der Waals surface area (Å²) in [5.41, 5.74) is 0. The van der Waals surface area contributed by atoms with Gasteiger partial charge in [-0.1, -0.05) is 6.92 Å². The lowest BCUT2D eigenvalue weighted by Crippen LogP contribution is -2.34. The third kappa shape index (κ3) is 4.27. The molecule has 1 amide bonds. The zero-order valence-electron chi connectivity index (χ0n) is 8.44. The average Bonchev–Trinajstić information content (AvgIpc) is 2.16. The number of hydrogen-bond acceptors (Lipinski definition) is 2. The first-order chi connectivity index (χ1) is 6.33. The first-order valence-electron chi connectivity index (χ1n) is 5.30. The van der Waals surface area contributed by atoms with Gasteiger partial charge in [0.2, 0.25) is 5.91 Å². The maximum atomic E-state index is 11.3. The summed E-state index contributed by atoms with van der Waals surface area (Å²) in [5, 5.41) is 6.23. The minimum absolute atomic E-state index is 0.218. The van der Waals surface area contributed by atoms with E-state index in [9.17, 15) is 4.79 Å². The summed E-state index contributed by atoms with van der Waals surface area (Å²) in [7, 11) is 0. The van der Waals surface area contributed by atoms with Gasteiger partial charge in [-0.25, -0.2) is 0 Å². The Labute approximate surface area is 80.3 Å². The molecule has 2 N–H and O–H groups in total. The summed E-state index contributed by atoms with van der Waals surface area (Å²) in [6.07, 6.45) is 4.14. The fourth-order valence-electron chi connectivity index (χ4n) is 1.70. The van der Waals surface area contributed by atoms with Crippen molar-refractivity contribution in [1.29, 1.82) is 0 Å². The van der Waals surface area contributed by atoms with E-state index in [1.807, 2.05) is 0 Å². The van der Waals surface area contributed by atoms with Gasteiger partial charge in [-0.15, -0.1) is 0 Å². The Bertz CT molecular complexity index is 153. The quantitative estimate of drug-likeness (QED) is 0.681. The Morgan fingerprint density at radius 1 is 1.62 bits per heavy atom. The second-order valence-electron chi connectivity index (χ2n) is 3.77. The molecule has 0 aromatic rings. The van der Waals surface area contributed by atoms with Crippen LogP contribution in [0.15, 0.2) is 0 Å². The molecule has 0 aliphatic carbocycles. The molecule has 76 valence electrons. The van der Waals surface area contributed by atoms with Crippen LogP contribution in [0.2, 0.25) is 0 Å². The zero-order chi connectivity index (χ0) is 9.52. The maximum absolute atomic E-state index is 11.3. The summed E-state index contributed by atoms with van der Waals surface area (Å²) in [6.45, 7) is 5.02. The van der Waals surface area contributed by atoms with Crippen LogP contribution in [0, 0.1) is 5.92 Å². The van der Waals surface area contributed by atoms with E-state index in [1.165, 1.54) is 12.8 Å². The first kappa shape index (κ1) is 10.5. The van der Waals surface area contributed by atoms with E-state index in [4.69, 9.17) is 0 Å². The fourth-order valence-corrected chi connectivity index (χ4v) is 1.70. The fraction of sp³-hybridized carbons (Fsp3) is 0.900. The SMILES string of the molecule is CCCNC(=O)CC1CCCNC1. The van der Waals surface area contributed by atoms with Crippen LogP contribution in [-0.2, 0) is 4.79 Å². The third-order valence-electron chi connectivity index (χ3n) is 2.45. The predicted octanol–water partition coefficient (Wildman–Crippen LogP) is 0.902. The Morgan fingerprint density at radius 3 is 3.08 bits per heavy atom. The smallest absolute Gasteiger partial charge is 0.220 e. The van der Waals surface area contributed by atoms with Gasteiger partial charge in [0.1, 0.15) is 0 Å². The number of carbonyl (C=O) groups is 1. The minimum atomic E-state index is 0.218.